The monoisotopic (exact) mass is 221 g/mol. The maximum absolute atomic E-state index is 11.7. The van der Waals surface area contributed by atoms with Gasteiger partial charge in [-0.2, -0.15) is 13.2 Å². The first kappa shape index (κ1) is 11.2. The standard InChI is InChI=1S/C7H6F3N3O2/c8-7(9,10)3-13-6-11-1-4(2-12-6)5(14)15/h1-2H,3H2,(H,14,15)(H,11,12,13). The van der Waals surface area contributed by atoms with E-state index in [1.165, 1.54) is 0 Å². The summed E-state index contributed by atoms with van der Waals surface area (Å²) in [5.41, 5.74) is -0.187. The van der Waals surface area contributed by atoms with E-state index in [0.29, 0.717) is 0 Å². The topological polar surface area (TPSA) is 75.1 Å². The first-order chi connectivity index (χ1) is 6.88. The van der Waals surface area contributed by atoms with Crippen LogP contribution in [0.25, 0.3) is 0 Å². The number of nitrogens with one attached hydrogen (secondary N) is 1. The zero-order chi connectivity index (χ0) is 11.5. The van der Waals surface area contributed by atoms with Gasteiger partial charge in [0.25, 0.3) is 0 Å². The normalized spacial score (nSPS) is 11.1. The van der Waals surface area contributed by atoms with Crippen LogP contribution in [-0.2, 0) is 0 Å². The number of rotatable bonds is 3. The Hall–Kier alpha value is -1.86. The molecule has 5 nitrogen and oxygen atoms in total. The number of hydrogen-bond acceptors (Lipinski definition) is 4. The highest BCUT2D eigenvalue weighted by Gasteiger charge is 2.26. The van der Waals surface area contributed by atoms with E-state index in [2.05, 4.69) is 9.97 Å². The van der Waals surface area contributed by atoms with Crippen LogP contribution >= 0.6 is 0 Å². The molecule has 0 radical (unpaired) electrons. The maximum atomic E-state index is 11.7. The molecular formula is C7H6F3N3O2. The summed E-state index contributed by atoms with van der Waals surface area (Å²) in [7, 11) is 0. The van der Waals surface area contributed by atoms with E-state index in [9.17, 15) is 18.0 Å². The van der Waals surface area contributed by atoms with Crippen molar-refractivity contribution in [1.82, 2.24) is 9.97 Å². The Bertz CT molecular complexity index is 349. The van der Waals surface area contributed by atoms with E-state index < -0.39 is 18.7 Å². The lowest BCUT2D eigenvalue weighted by atomic mass is 10.3. The summed E-state index contributed by atoms with van der Waals surface area (Å²) in [5.74, 6) is -1.50. The molecule has 0 bridgehead atoms. The fraction of sp³-hybridized carbons (Fsp3) is 0.286. The van der Waals surface area contributed by atoms with Crippen molar-refractivity contribution in [3.8, 4) is 0 Å². The summed E-state index contributed by atoms with van der Waals surface area (Å²) in [5, 5.41) is 10.4. The van der Waals surface area contributed by atoms with Crippen LogP contribution in [-0.4, -0.2) is 33.8 Å². The molecular weight excluding hydrogens is 215 g/mol. The summed E-state index contributed by atoms with van der Waals surface area (Å²) in [6.45, 7) is -1.26. The van der Waals surface area contributed by atoms with Crippen LogP contribution in [0.4, 0.5) is 19.1 Å². The third-order valence-corrected chi connectivity index (χ3v) is 1.35. The predicted molar refractivity (Wildman–Crippen MR) is 43.5 cm³/mol. The smallest absolute Gasteiger partial charge is 0.405 e. The molecule has 0 aliphatic heterocycles. The van der Waals surface area contributed by atoms with E-state index in [0.717, 1.165) is 12.4 Å². The van der Waals surface area contributed by atoms with Gasteiger partial charge in [0, 0.05) is 12.4 Å². The summed E-state index contributed by atoms with van der Waals surface area (Å²) in [6, 6.07) is 0. The van der Waals surface area contributed by atoms with Crippen molar-refractivity contribution >= 4 is 11.9 Å². The first-order valence-electron chi connectivity index (χ1n) is 3.74. The molecule has 0 fully saturated rings. The van der Waals surface area contributed by atoms with Crippen LogP contribution in [0.5, 0.6) is 0 Å². The van der Waals surface area contributed by atoms with Gasteiger partial charge in [-0.25, -0.2) is 14.8 Å². The van der Waals surface area contributed by atoms with Crippen molar-refractivity contribution in [2.24, 2.45) is 0 Å². The van der Waals surface area contributed by atoms with Gasteiger partial charge in [0.2, 0.25) is 5.95 Å². The van der Waals surface area contributed by atoms with E-state index >= 15 is 0 Å². The van der Waals surface area contributed by atoms with Crippen molar-refractivity contribution in [3.63, 3.8) is 0 Å². The largest absolute Gasteiger partial charge is 0.478 e. The molecule has 0 unspecified atom stereocenters. The predicted octanol–water partition coefficient (Wildman–Crippen LogP) is 1.15. The Morgan fingerprint density at radius 2 is 1.93 bits per heavy atom. The maximum Gasteiger partial charge on any atom is 0.405 e. The third kappa shape index (κ3) is 3.79. The first-order valence-corrected chi connectivity index (χ1v) is 3.74. The fourth-order valence-corrected chi connectivity index (χ4v) is 0.709. The van der Waals surface area contributed by atoms with Crippen LogP contribution in [0.2, 0.25) is 0 Å². The van der Waals surface area contributed by atoms with Crippen molar-refractivity contribution < 1.29 is 23.1 Å². The lowest BCUT2D eigenvalue weighted by Gasteiger charge is -2.07. The molecule has 2 N–H and O–H groups in total. The van der Waals surface area contributed by atoms with Crippen LogP contribution < -0.4 is 5.32 Å². The Kier molecular flexibility index (Phi) is 3.08. The van der Waals surface area contributed by atoms with Crippen molar-refractivity contribution in [3.05, 3.63) is 18.0 Å². The van der Waals surface area contributed by atoms with Gasteiger partial charge in [-0.15, -0.1) is 0 Å². The van der Waals surface area contributed by atoms with Gasteiger partial charge in [0.1, 0.15) is 6.54 Å². The zero-order valence-corrected chi connectivity index (χ0v) is 7.25. The molecule has 1 aromatic rings. The summed E-state index contributed by atoms with van der Waals surface area (Å²) in [4.78, 5) is 17.1. The molecule has 8 heteroatoms. The number of halogens is 3. The van der Waals surface area contributed by atoms with E-state index in [1.807, 2.05) is 5.32 Å². The molecule has 0 spiro atoms. The van der Waals surface area contributed by atoms with Gasteiger partial charge >= 0.3 is 12.1 Å². The van der Waals surface area contributed by atoms with Gasteiger partial charge in [-0.1, -0.05) is 0 Å². The number of carbonyl (C=O) groups is 1. The van der Waals surface area contributed by atoms with Gasteiger partial charge < -0.3 is 10.4 Å². The zero-order valence-electron chi connectivity index (χ0n) is 7.25. The minimum Gasteiger partial charge on any atom is -0.478 e. The van der Waals surface area contributed by atoms with E-state index in [-0.39, 0.29) is 11.5 Å². The number of nitrogens with zero attached hydrogens (tertiary/aromatic N) is 2. The van der Waals surface area contributed by atoms with Gasteiger partial charge in [-0.05, 0) is 0 Å². The second kappa shape index (κ2) is 4.11. The van der Waals surface area contributed by atoms with Gasteiger partial charge in [-0.3, -0.25) is 0 Å². The van der Waals surface area contributed by atoms with E-state index in [4.69, 9.17) is 5.11 Å². The average molecular weight is 221 g/mol. The molecule has 1 aromatic heterocycles. The Labute approximate surface area is 82.0 Å². The number of aromatic carboxylic acids is 1. The number of alkyl halides is 3. The summed E-state index contributed by atoms with van der Waals surface area (Å²) >= 11 is 0. The molecule has 1 rings (SSSR count). The molecule has 0 atom stereocenters. The Balaban J connectivity index is 2.61. The van der Waals surface area contributed by atoms with Crippen molar-refractivity contribution in [1.29, 1.82) is 0 Å². The fourth-order valence-electron chi connectivity index (χ4n) is 0.709. The van der Waals surface area contributed by atoms with E-state index in [1.54, 1.807) is 0 Å². The SMILES string of the molecule is O=C(O)c1cnc(NCC(F)(F)F)nc1. The highest BCUT2D eigenvalue weighted by Crippen LogP contribution is 2.14. The summed E-state index contributed by atoms with van der Waals surface area (Å²) < 4.78 is 35.2. The lowest BCUT2D eigenvalue weighted by molar-refractivity contribution is -0.115. The highest BCUT2D eigenvalue weighted by atomic mass is 19.4. The molecule has 0 saturated carbocycles. The number of hydrogen-bond donors (Lipinski definition) is 2. The van der Waals surface area contributed by atoms with Gasteiger partial charge in [0.05, 0.1) is 5.56 Å². The molecule has 0 aliphatic rings. The summed E-state index contributed by atoms with van der Waals surface area (Å²) in [6.07, 6.45) is -2.52. The second-order valence-electron chi connectivity index (χ2n) is 2.57. The van der Waals surface area contributed by atoms with Crippen LogP contribution in [0.3, 0.4) is 0 Å². The Morgan fingerprint density at radius 1 is 1.40 bits per heavy atom. The van der Waals surface area contributed by atoms with Crippen molar-refractivity contribution in [2.45, 2.75) is 6.18 Å². The molecule has 0 saturated heterocycles. The quantitative estimate of drug-likeness (QED) is 0.800. The lowest BCUT2D eigenvalue weighted by Crippen LogP contribution is -2.22. The molecule has 0 aliphatic carbocycles. The molecule has 82 valence electrons. The Morgan fingerprint density at radius 3 is 2.33 bits per heavy atom. The van der Waals surface area contributed by atoms with Crippen LogP contribution in [0.1, 0.15) is 10.4 Å². The average Bonchev–Trinajstić information content (AvgIpc) is 2.14. The molecule has 0 aromatic carbocycles. The minimum absolute atomic E-state index is 0.187. The number of carboxylic acids is 1. The second-order valence-corrected chi connectivity index (χ2v) is 2.57. The van der Waals surface area contributed by atoms with Crippen LogP contribution in [0.15, 0.2) is 12.4 Å². The van der Waals surface area contributed by atoms with Crippen LogP contribution in [0, 0.1) is 0 Å². The third-order valence-electron chi connectivity index (χ3n) is 1.35. The number of carboxylic acid groups (broad SMARTS) is 1. The number of aromatic nitrogens is 2. The highest BCUT2D eigenvalue weighted by molar-refractivity contribution is 5.86. The molecule has 1 heterocycles. The molecule has 15 heavy (non-hydrogen) atoms. The molecule has 0 amide bonds. The van der Waals surface area contributed by atoms with Gasteiger partial charge in [0.15, 0.2) is 0 Å². The number of anilines is 1. The van der Waals surface area contributed by atoms with Crippen molar-refractivity contribution in [2.75, 3.05) is 11.9 Å². The minimum atomic E-state index is -4.37.